The Morgan fingerprint density at radius 2 is 1.53 bits per heavy atom. The average molecular weight is 853 g/mol. The van der Waals surface area contributed by atoms with Crippen LogP contribution in [0.15, 0.2) is 11.6 Å². The molecule has 260 valence electrons. The minimum Gasteiger partial charge on any atom is -0.413 e. The molecule has 4 aliphatic carbocycles. The summed E-state index contributed by atoms with van der Waals surface area (Å²) in [6.07, 6.45) is 21.7. The minimum absolute atomic E-state index is 0. The van der Waals surface area contributed by atoms with E-state index in [4.69, 9.17) is 14.2 Å². The molecule has 3 fully saturated rings. The van der Waals surface area contributed by atoms with Gasteiger partial charge >= 0.3 is 31.1 Å². The zero-order valence-electron chi connectivity index (χ0n) is 31.2. The van der Waals surface area contributed by atoms with Crippen molar-refractivity contribution in [2.24, 2.45) is 51.8 Å². The molecule has 0 saturated heterocycles. The number of hydrogen-bond acceptors (Lipinski definition) is 3. The third kappa shape index (κ3) is 11.9. The topological polar surface area (TPSA) is 27.7 Å². The second-order valence-electron chi connectivity index (χ2n) is 17.3. The average Bonchev–Trinajstić information content (AvgIpc) is 3.34. The molecule has 0 radical (unpaired) electrons. The summed E-state index contributed by atoms with van der Waals surface area (Å²) in [5.74, 6) is 5.47. The van der Waals surface area contributed by atoms with E-state index in [1.165, 1.54) is 70.6 Å². The Morgan fingerprint density at radius 1 is 0.844 bits per heavy atom. The first-order valence-electron chi connectivity index (χ1n) is 18.9. The number of hydrogen-bond donors (Lipinski definition) is 0. The summed E-state index contributed by atoms with van der Waals surface area (Å²) in [6, 6.07) is 0. The predicted molar refractivity (Wildman–Crippen MR) is 188 cm³/mol. The quantitative estimate of drug-likeness (QED) is 0.0933. The zero-order chi connectivity index (χ0) is 32.4. The van der Waals surface area contributed by atoms with Gasteiger partial charge in [0.2, 0.25) is 0 Å². The van der Waals surface area contributed by atoms with E-state index in [0.29, 0.717) is 42.2 Å². The summed E-state index contributed by atoms with van der Waals surface area (Å²) in [6.45, 7) is 30.1. The number of rotatable bonds is 15. The molecule has 0 bridgehead atoms. The van der Waals surface area contributed by atoms with Crippen LogP contribution in [-0.4, -0.2) is 39.1 Å². The van der Waals surface area contributed by atoms with Gasteiger partial charge < -0.3 is 28.1 Å². The van der Waals surface area contributed by atoms with Crippen molar-refractivity contribution in [2.45, 2.75) is 151 Å². The SMILES string of the molecule is [CH2-]CC(C)(C)C.[CH2-]COCCCOCCO[C@H]1CCC2(C)C(=CCC3C2CCC2(C)C(C(C)CCCCC(C)C)CCC32)C1.[U+2]. The summed E-state index contributed by atoms with van der Waals surface area (Å²) >= 11 is 0. The molecule has 45 heavy (non-hydrogen) atoms. The molecule has 7 unspecified atom stereocenters. The molecule has 0 aromatic heterocycles. The minimum atomic E-state index is 0. The summed E-state index contributed by atoms with van der Waals surface area (Å²) in [7, 11) is 0. The molecular weight excluding hydrogens is 778 g/mol. The normalized spacial score (nSPS) is 33.2. The second kappa shape index (κ2) is 19.8. The van der Waals surface area contributed by atoms with E-state index in [9.17, 15) is 0 Å². The first-order valence-corrected chi connectivity index (χ1v) is 18.9. The van der Waals surface area contributed by atoms with E-state index in [0.717, 1.165) is 68.0 Å². The van der Waals surface area contributed by atoms with Crippen molar-refractivity contribution >= 4 is 0 Å². The molecule has 0 aromatic rings. The van der Waals surface area contributed by atoms with Gasteiger partial charge in [-0.05, 0) is 104 Å². The van der Waals surface area contributed by atoms with Crippen LogP contribution < -0.4 is 0 Å². The van der Waals surface area contributed by atoms with Crippen molar-refractivity contribution in [3.05, 3.63) is 25.5 Å². The van der Waals surface area contributed by atoms with Gasteiger partial charge in [0.1, 0.15) is 0 Å². The summed E-state index contributed by atoms with van der Waals surface area (Å²) < 4.78 is 17.3. The zero-order valence-corrected chi connectivity index (χ0v) is 35.4. The Bertz CT molecular complexity index is 848. The fourth-order valence-corrected chi connectivity index (χ4v) is 9.71. The van der Waals surface area contributed by atoms with E-state index in [1.807, 2.05) is 0 Å². The number of unbranched alkanes of at least 4 members (excludes halogenated alkanes) is 1. The molecule has 0 amide bonds. The van der Waals surface area contributed by atoms with E-state index >= 15 is 0 Å². The first kappa shape index (κ1) is 41.8. The summed E-state index contributed by atoms with van der Waals surface area (Å²) in [5, 5.41) is 0. The monoisotopic (exact) mass is 853 g/mol. The maximum atomic E-state index is 6.31. The Labute approximate surface area is 305 Å². The molecule has 4 rings (SSSR count). The van der Waals surface area contributed by atoms with Gasteiger partial charge in [-0.3, -0.25) is 0 Å². The Hall–Kier alpha value is 0.672. The molecule has 0 heterocycles. The standard InChI is InChI=1S/C35H61O3.C6H13.U/c1-7-36-21-10-22-37-23-24-38-29-17-19-34(5)28(25-29)13-14-30-32-16-15-31(35(32,6)20-18-33(30)34)27(4)12-9-8-11-26(2)3;1-5-6(2,3)4;/h13,26-27,29-33H,1,7-12,14-25H2,2-6H3;1,5H2,2-4H3;/q2*-1;+2/t27?,29-,30?,31?,32?,33?,34?,35?;;/m0../s1. The van der Waals surface area contributed by atoms with Crippen LogP contribution in [0.25, 0.3) is 0 Å². The maximum absolute atomic E-state index is 6.31. The molecular formula is C41H74O3U. The van der Waals surface area contributed by atoms with Gasteiger partial charge in [0, 0.05) is 13.2 Å². The van der Waals surface area contributed by atoms with Gasteiger partial charge in [-0.15, -0.1) is 0 Å². The Balaban J connectivity index is 0.000000918. The van der Waals surface area contributed by atoms with Crippen molar-refractivity contribution in [1.29, 1.82) is 0 Å². The van der Waals surface area contributed by atoms with Crippen LogP contribution in [0.3, 0.4) is 0 Å². The number of ether oxygens (including phenoxy) is 3. The van der Waals surface area contributed by atoms with Crippen LogP contribution in [0.4, 0.5) is 0 Å². The van der Waals surface area contributed by atoms with Crippen molar-refractivity contribution in [1.82, 2.24) is 0 Å². The molecule has 0 N–H and O–H groups in total. The molecule has 8 atom stereocenters. The third-order valence-electron chi connectivity index (χ3n) is 12.6. The van der Waals surface area contributed by atoms with Gasteiger partial charge in [0.15, 0.2) is 0 Å². The molecule has 3 saturated carbocycles. The van der Waals surface area contributed by atoms with E-state index < -0.39 is 0 Å². The fourth-order valence-electron chi connectivity index (χ4n) is 9.71. The van der Waals surface area contributed by atoms with E-state index in [1.54, 1.807) is 5.57 Å². The van der Waals surface area contributed by atoms with Crippen molar-refractivity contribution in [3.63, 3.8) is 0 Å². The largest absolute Gasteiger partial charge is 2.00 e. The molecule has 3 nitrogen and oxygen atoms in total. The van der Waals surface area contributed by atoms with Crippen LogP contribution in [0.1, 0.15) is 145 Å². The molecule has 4 heteroatoms. The Morgan fingerprint density at radius 3 is 2.20 bits per heavy atom. The summed E-state index contributed by atoms with van der Waals surface area (Å²) in [4.78, 5) is 0. The molecule has 0 aromatic carbocycles. The van der Waals surface area contributed by atoms with Gasteiger partial charge in [-0.1, -0.05) is 105 Å². The van der Waals surface area contributed by atoms with Gasteiger partial charge in [0.25, 0.3) is 0 Å². The van der Waals surface area contributed by atoms with E-state index in [-0.39, 0.29) is 31.1 Å². The van der Waals surface area contributed by atoms with Gasteiger partial charge in [0.05, 0.1) is 19.3 Å². The number of allylic oxidation sites excluding steroid dienone is 1. The second-order valence-corrected chi connectivity index (χ2v) is 17.3. The van der Waals surface area contributed by atoms with Gasteiger partial charge in [-0.25, -0.2) is 0 Å². The predicted octanol–water partition coefficient (Wildman–Crippen LogP) is 11.3. The van der Waals surface area contributed by atoms with Crippen molar-refractivity contribution < 1.29 is 45.3 Å². The van der Waals surface area contributed by atoms with Crippen LogP contribution in [0, 0.1) is 96.7 Å². The van der Waals surface area contributed by atoms with Crippen molar-refractivity contribution in [2.75, 3.05) is 33.0 Å². The summed E-state index contributed by atoms with van der Waals surface area (Å²) in [5.41, 5.74) is 3.16. The molecule has 0 spiro atoms. The molecule has 0 aliphatic heterocycles. The third-order valence-corrected chi connectivity index (χ3v) is 12.6. The maximum Gasteiger partial charge on any atom is 2.00 e. The van der Waals surface area contributed by atoms with Crippen LogP contribution in [0.5, 0.6) is 0 Å². The smallest absolute Gasteiger partial charge is 0.413 e. The van der Waals surface area contributed by atoms with Crippen LogP contribution in [0.2, 0.25) is 0 Å². The Kier molecular flexibility index (Phi) is 18.4. The number of fused-ring (bicyclic) bond motifs is 5. The fraction of sp³-hybridized carbons (Fsp3) is 0.902. The first-order chi connectivity index (χ1) is 20.9. The van der Waals surface area contributed by atoms with E-state index in [2.05, 4.69) is 75.3 Å². The molecule has 4 aliphatic rings. The van der Waals surface area contributed by atoms with Crippen LogP contribution >= 0.6 is 0 Å². The van der Waals surface area contributed by atoms with Gasteiger partial charge in [-0.2, -0.15) is 6.42 Å². The van der Waals surface area contributed by atoms with Crippen molar-refractivity contribution in [3.8, 4) is 0 Å². The van der Waals surface area contributed by atoms with Crippen LogP contribution in [-0.2, 0) is 14.2 Å².